The van der Waals surface area contributed by atoms with Crippen molar-refractivity contribution in [1.29, 1.82) is 0 Å². The van der Waals surface area contributed by atoms with Crippen molar-refractivity contribution >= 4 is 31.9 Å². The zero-order chi connectivity index (χ0) is 23.5. The normalized spacial score (nSPS) is 11.8. The van der Waals surface area contributed by atoms with Crippen molar-refractivity contribution in [2.45, 2.75) is 32.6 Å². The Kier molecular flexibility index (Phi) is 10.3. The number of benzene rings is 1. The van der Waals surface area contributed by atoms with Crippen LogP contribution >= 0.6 is 8.38 Å². The molecule has 1 aromatic carbocycles. The summed E-state index contributed by atoms with van der Waals surface area (Å²) in [4.78, 5) is 54.1. The quantitative estimate of drug-likeness (QED) is 0.0754. The average Bonchev–Trinajstić information content (AvgIpc) is 3.28. The van der Waals surface area contributed by atoms with Crippen LogP contribution in [0.15, 0.2) is 40.8 Å². The van der Waals surface area contributed by atoms with Gasteiger partial charge in [0, 0.05) is 10.9 Å². The van der Waals surface area contributed by atoms with E-state index in [9.17, 15) is 29.4 Å². The van der Waals surface area contributed by atoms with Crippen molar-refractivity contribution in [2.75, 3.05) is 13.2 Å². The van der Waals surface area contributed by atoms with Gasteiger partial charge in [0.25, 0.3) is 5.91 Å². The summed E-state index contributed by atoms with van der Waals surface area (Å²) < 4.78 is 5.54. The molecule has 32 heavy (non-hydrogen) atoms. The third-order valence-electron chi connectivity index (χ3n) is 4.76. The average molecular weight is 465 g/mol. The van der Waals surface area contributed by atoms with Crippen molar-refractivity contribution in [3.63, 3.8) is 0 Å². The summed E-state index contributed by atoms with van der Waals surface area (Å²) in [6.45, 7) is 1.75. The Labute approximate surface area is 187 Å². The SMILES string of the molecule is CCCCCC(CN(O)C=O)C(=O)NCNC(=O)c1ccc(-c2cccc(P(O)O)c2)o1. The zero-order valence-corrected chi connectivity index (χ0v) is 18.6. The molecule has 0 bridgehead atoms. The molecule has 1 heterocycles. The minimum Gasteiger partial charge on any atom is -0.451 e. The number of nitrogens with zero attached hydrogens (tertiary/aromatic N) is 1. The standard InChI is InChI=1S/C21H28N3O7P/c1-2-3-4-6-16(12-24(28)14-25)20(26)22-13-23-21(27)19-10-9-18(31-19)15-7-5-8-17(11-15)32(29)30/h5,7-11,14,16,28-30H,2-4,6,12-13H2,1H3,(H,22,26)(H,23,27). The lowest BCUT2D eigenvalue weighted by molar-refractivity contribution is -0.154. The van der Waals surface area contributed by atoms with E-state index in [1.165, 1.54) is 6.07 Å². The number of amides is 3. The summed E-state index contributed by atoms with van der Waals surface area (Å²) >= 11 is 0. The molecule has 2 rings (SSSR count). The van der Waals surface area contributed by atoms with E-state index in [0.29, 0.717) is 28.1 Å². The van der Waals surface area contributed by atoms with E-state index < -0.39 is 20.2 Å². The van der Waals surface area contributed by atoms with Crippen LogP contribution in [0.4, 0.5) is 0 Å². The van der Waals surface area contributed by atoms with Crippen LogP contribution in [0.25, 0.3) is 11.3 Å². The van der Waals surface area contributed by atoms with Crippen LogP contribution in [0.5, 0.6) is 0 Å². The van der Waals surface area contributed by atoms with Gasteiger partial charge in [-0.05, 0) is 30.7 Å². The molecule has 10 nitrogen and oxygen atoms in total. The van der Waals surface area contributed by atoms with Gasteiger partial charge < -0.3 is 24.8 Å². The van der Waals surface area contributed by atoms with E-state index in [1.807, 2.05) is 6.92 Å². The van der Waals surface area contributed by atoms with Gasteiger partial charge in [0.05, 0.1) is 19.1 Å². The van der Waals surface area contributed by atoms with Crippen molar-refractivity contribution < 1.29 is 33.8 Å². The molecule has 0 saturated heterocycles. The minimum atomic E-state index is -2.24. The molecule has 0 aliphatic heterocycles. The highest BCUT2D eigenvalue weighted by atomic mass is 31.2. The molecule has 5 N–H and O–H groups in total. The largest absolute Gasteiger partial charge is 0.451 e. The lowest BCUT2D eigenvalue weighted by Gasteiger charge is -2.19. The van der Waals surface area contributed by atoms with Crippen molar-refractivity contribution in [3.05, 3.63) is 42.2 Å². The van der Waals surface area contributed by atoms with E-state index in [0.717, 1.165) is 19.3 Å². The topological polar surface area (TPSA) is 152 Å². The van der Waals surface area contributed by atoms with Gasteiger partial charge in [-0.15, -0.1) is 0 Å². The molecule has 174 valence electrons. The van der Waals surface area contributed by atoms with Crippen LogP contribution in [0.3, 0.4) is 0 Å². The molecule has 1 atom stereocenters. The number of hydrogen-bond acceptors (Lipinski definition) is 7. The van der Waals surface area contributed by atoms with Crippen LogP contribution in [0.1, 0.15) is 43.2 Å². The summed E-state index contributed by atoms with van der Waals surface area (Å²) in [5, 5.41) is 15.3. The Morgan fingerprint density at radius 2 is 1.97 bits per heavy atom. The van der Waals surface area contributed by atoms with Gasteiger partial charge in [-0.2, -0.15) is 0 Å². The summed E-state index contributed by atoms with van der Waals surface area (Å²) in [6.07, 6.45) is 3.42. The first kappa shape index (κ1) is 25.5. The first-order valence-electron chi connectivity index (χ1n) is 10.2. The third kappa shape index (κ3) is 7.72. The van der Waals surface area contributed by atoms with Crippen LogP contribution in [0, 0.1) is 5.92 Å². The molecule has 0 radical (unpaired) electrons. The van der Waals surface area contributed by atoms with E-state index >= 15 is 0 Å². The molecular formula is C21H28N3O7P. The fraction of sp³-hybridized carbons (Fsp3) is 0.381. The third-order valence-corrected chi connectivity index (χ3v) is 5.50. The van der Waals surface area contributed by atoms with Crippen LogP contribution in [-0.2, 0) is 9.59 Å². The smallest absolute Gasteiger partial charge is 0.288 e. The molecule has 0 aliphatic carbocycles. The molecule has 0 saturated carbocycles. The lowest BCUT2D eigenvalue weighted by Crippen LogP contribution is -2.42. The van der Waals surface area contributed by atoms with Crippen LogP contribution in [0.2, 0.25) is 0 Å². The van der Waals surface area contributed by atoms with Gasteiger partial charge in [0.1, 0.15) is 5.76 Å². The van der Waals surface area contributed by atoms with Gasteiger partial charge in [-0.1, -0.05) is 38.3 Å². The Bertz CT molecular complexity index is 903. The van der Waals surface area contributed by atoms with E-state index in [1.54, 1.807) is 30.3 Å². The second-order valence-electron chi connectivity index (χ2n) is 7.15. The minimum absolute atomic E-state index is 0.0249. The highest BCUT2D eigenvalue weighted by molar-refractivity contribution is 7.54. The number of unbranched alkanes of at least 4 members (excludes halogenated alkanes) is 2. The van der Waals surface area contributed by atoms with Crippen molar-refractivity contribution in [2.24, 2.45) is 5.92 Å². The van der Waals surface area contributed by atoms with E-state index in [4.69, 9.17) is 4.42 Å². The summed E-state index contributed by atoms with van der Waals surface area (Å²) in [5.41, 5.74) is 0.587. The van der Waals surface area contributed by atoms with E-state index in [-0.39, 0.29) is 31.3 Å². The molecule has 3 amide bonds. The maximum absolute atomic E-state index is 12.4. The van der Waals surface area contributed by atoms with E-state index in [2.05, 4.69) is 10.6 Å². The molecule has 0 aliphatic rings. The molecule has 0 spiro atoms. The predicted molar refractivity (Wildman–Crippen MR) is 118 cm³/mol. The Hall–Kier alpha value is -2.78. The first-order valence-corrected chi connectivity index (χ1v) is 11.4. The van der Waals surface area contributed by atoms with Gasteiger partial charge >= 0.3 is 0 Å². The molecule has 0 fully saturated rings. The molecular weight excluding hydrogens is 437 g/mol. The molecule has 11 heteroatoms. The Balaban J connectivity index is 1.91. The lowest BCUT2D eigenvalue weighted by atomic mass is 10.0. The predicted octanol–water partition coefficient (Wildman–Crippen LogP) is 1.72. The maximum atomic E-state index is 12.4. The van der Waals surface area contributed by atoms with Gasteiger partial charge in [0.15, 0.2) is 14.1 Å². The monoisotopic (exact) mass is 465 g/mol. The summed E-state index contributed by atoms with van der Waals surface area (Å²) in [6, 6.07) is 9.57. The van der Waals surface area contributed by atoms with Gasteiger partial charge in [0.2, 0.25) is 12.3 Å². The highest BCUT2D eigenvalue weighted by Gasteiger charge is 2.21. The van der Waals surface area contributed by atoms with Crippen molar-refractivity contribution in [1.82, 2.24) is 15.7 Å². The second kappa shape index (κ2) is 12.9. The highest BCUT2D eigenvalue weighted by Crippen LogP contribution is 2.27. The number of rotatable bonds is 13. The Morgan fingerprint density at radius 1 is 1.19 bits per heavy atom. The summed E-state index contributed by atoms with van der Waals surface area (Å²) in [7, 11) is -2.24. The molecule has 2 aromatic rings. The summed E-state index contributed by atoms with van der Waals surface area (Å²) in [5.74, 6) is -1.12. The molecule has 1 aromatic heterocycles. The fourth-order valence-corrected chi connectivity index (χ4v) is 3.53. The first-order chi connectivity index (χ1) is 15.3. The zero-order valence-electron chi connectivity index (χ0n) is 17.7. The Morgan fingerprint density at radius 3 is 2.66 bits per heavy atom. The number of hydroxylamine groups is 2. The second-order valence-corrected chi connectivity index (χ2v) is 8.24. The number of carbonyl (C=O) groups is 3. The van der Waals surface area contributed by atoms with Gasteiger partial charge in [-0.3, -0.25) is 19.6 Å². The number of furan rings is 1. The maximum Gasteiger partial charge on any atom is 0.288 e. The number of hydrogen-bond donors (Lipinski definition) is 5. The van der Waals surface area contributed by atoms with Crippen molar-refractivity contribution in [3.8, 4) is 11.3 Å². The number of carbonyl (C=O) groups excluding carboxylic acids is 3. The number of nitrogens with one attached hydrogen (secondary N) is 2. The van der Waals surface area contributed by atoms with Crippen LogP contribution in [-0.4, -0.2) is 51.5 Å². The fourth-order valence-electron chi connectivity index (χ4n) is 3.06. The van der Waals surface area contributed by atoms with Gasteiger partial charge in [-0.25, -0.2) is 5.06 Å². The van der Waals surface area contributed by atoms with Crippen LogP contribution < -0.4 is 15.9 Å². The molecule has 1 unspecified atom stereocenters.